The van der Waals surface area contributed by atoms with E-state index in [4.69, 9.17) is 9.84 Å². The summed E-state index contributed by atoms with van der Waals surface area (Å²) >= 11 is 0. The highest BCUT2D eigenvalue weighted by molar-refractivity contribution is 5.74. The van der Waals surface area contributed by atoms with E-state index in [-0.39, 0.29) is 6.61 Å². The number of rotatable bonds is 6. The van der Waals surface area contributed by atoms with Crippen molar-refractivity contribution >= 4 is 5.97 Å². The average Bonchev–Trinajstić information content (AvgIpc) is 2.26. The van der Waals surface area contributed by atoms with Crippen molar-refractivity contribution in [3.8, 4) is 0 Å². The van der Waals surface area contributed by atoms with Gasteiger partial charge in [0.25, 0.3) is 0 Å². The number of hydrogen-bond acceptors (Lipinski definition) is 3. The van der Waals surface area contributed by atoms with E-state index in [0.717, 1.165) is 19.3 Å². The Morgan fingerprint density at radius 2 is 1.87 bits per heavy atom. The first kappa shape index (κ1) is 12.5. The molecule has 0 bridgehead atoms. The number of aliphatic carboxylic acids is 1. The van der Waals surface area contributed by atoms with Crippen molar-refractivity contribution in [1.29, 1.82) is 0 Å². The summed E-state index contributed by atoms with van der Waals surface area (Å²) in [5.41, 5.74) is -0.562. The van der Waals surface area contributed by atoms with Crippen LogP contribution >= 0.6 is 0 Å². The summed E-state index contributed by atoms with van der Waals surface area (Å²) in [6.45, 7) is 1.32. The van der Waals surface area contributed by atoms with Gasteiger partial charge in [-0.05, 0) is 25.7 Å². The lowest BCUT2D eigenvalue weighted by Crippen LogP contribution is -2.37. The fraction of sp³-hybridized carbons (Fsp3) is 0.909. The molecule has 1 fully saturated rings. The Labute approximate surface area is 90.2 Å². The van der Waals surface area contributed by atoms with Crippen molar-refractivity contribution in [2.24, 2.45) is 5.41 Å². The van der Waals surface area contributed by atoms with Gasteiger partial charge in [0, 0.05) is 19.8 Å². The zero-order valence-electron chi connectivity index (χ0n) is 9.07. The molecular formula is C11H20O4. The number of hydrogen-bond donors (Lipinski definition) is 2. The number of carboxylic acid groups (broad SMARTS) is 1. The highest BCUT2D eigenvalue weighted by Crippen LogP contribution is 2.36. The first-order valence-corrected chi connectivity index (χ1v) is 5.63. The molecule has 88 valence electrons. The smallest absolute Gasteiger partial charge is 0.309 e. The number of carboxylic acids is 1. The Morgan fingerprint density at radius 3 is 2.40 bits per heavy atom. The molecular weight excluding hydrogens is 196 g/mol. The molecule has 4 nitrogen and oxygen atoms in total. The van der Waals surface area contributed by atoms with Crippen LogP contribution in [-0.2, 0) is 9.53 Å². The average molecular weight is 216 g/mol. The lowest BCUT2D eigenvalue weighted by Gasteiger charge is -2.33. The van der Waals surface area contributed by atoms with Gasteiger partial charge >= 0.3 is 5.97 Å². The molecule has 1 heterocycles. The van der Waals surface area contributed by atoms with Gasteiger partial charge in [0.2, 0.25) is 0 Å². The molecule has 0 aliphatic carbocycles. The maximum atomic E-state index is 11.2. The van der Waals surface area contributed by atoms with Crippen LogP contribution in [0.3, 0.4) is 0 Å². The van der Waals surface area contributed by atoms with Gasteiger partial charge < -0.3 is 14.9 Å². The SMILES string of the molecule is O=C(O)C1(CCCCCO)CCOCC1. The molecule has 1 saturated heterocycles. The van der Waals surface area contributed by atoms with E-state index in [9.17, 15) is 9.90 Å². The van der Waals surface area contributed by atoms with Crippen molar-refractivity contribution < 1.29 is 19.7 Å². The standard InChI is InChI=1S/C11H20O4/c12-7-3-1-2-4-11(10(13)14)5-8-15-9-6-11/h12H,1-9H2,(H,13,14). The molecule has 0 unspecified atom stereocenters. The summed E-state index contributed by atoms with van der Waals surface area (Å²) in [5, 5.41) is 17.9. The number of ether oxygens (including phenoxy) is 1. The summed E-state index contributed by atoms with van der Waals surface area (Å²) in [4.78, 5) is 11.2. The molecule has 1 rings (SSSR count). The number of unbranched alkanes of at least 4 members (excludes halogenated alkanes) is 2. The molecule has 15 heavy (non-hydrogen) atoms. The maximum absolute atomic E-state index is 11.2. The van der Waals surface area contributed by atoms with E-state index in [1.807, 2.05) is 0 Å². The fourth-order valence-corrected chi connectivity index (χ4v) is 2.08. The summed E-state index contributed by atoms with van der Waals surface area (Å²) in [6, 6.07) is 0. The van der Waals surface area contributed by atoms with Crippen LogP contribution in [0.2, 0.25) is 0 Å². The third-order valence-corrected chi connectivity index (χ3v) is 3.22. The third-order valence-electron chi connectivity index (χ3n) is 3.22. The normalized spacial score (nSPS) is 20.1. The van der Waals surface area contributed by atoms with E-state index in [2.05, 4.69) is 0 Å². The topological polar surface area (TPSA) is 66.8 Å². The van der Waals surface area contributed by atoms with Crippen LogP contribution < -0.4 is 0 Å². The first-order valence-electron chi connectivity index (χ1n) is 5.63. The van der Waals surface area contributed by atoms with E-state index in [1.54, 1.807) is 0 Å². The minimum absolute atomic E-state index is 0.198. The van der Waals surface area contributed by atoms with Crippen LogP contribution in [-0.4, -0.2) is 36.0 Å². The molecule has 0 amide bonds. The number of carbonyl (C=O) groups is 1. The minimum Gasteiger partial charge on any atom is -0.481 e. The Balaban J connectivity index is 2.39. The molecule has 4 heteroatoms. The van der Waals surface area contributed by atoms with Crippen LogP contribution in [0.1, 0.15) is 38.5 Å². The van der Waals surface area contributed by atoms with Crippen LogP contribution in [0.15, 0.2) is 0 Å². The Kier molecular flexibility index (Phi) is 5.05. The predicted octanol–water partition coefficient (Wildman–Crippen LogP) is 1.42. The lowest BCUT2D eigenvalue weighted by atomic mass is 9.76. The quantitative estimate of drug-likeness (QED) is 0.659. The van der Waals surface area contributed by atoms with Crippen molar-refractivity contribution in [3.05, 3.63) is 0 Å². The Morgan fingerprint density at radius 1 is 1.20 bits per heavy atom. The van der Waals surface area contributed by atoms with Gasteiger partial charge in [0.15, 0.2) is 0 Å². The zero-order chi connectivity index (χ0) is 11.1. The molecule has 0 aromatic carbocycles. The largest absolute Gasteiger partial charge is 0.481 e. The Bertz CT molecular complexity index is 197. The van der Waals surface area contributed by atoms with E-state index >= 15 is 0 Å². The fourth-order valence-electron chi connectivity index (χ4n) is 2.08. The van der Waals surface area contributed by atoms with E-state index < -0.39 is 11.4 Å². The molecule has 0 atom stereocenters. The zero-order valence-corrected chi connectivity index (χ0v) is 9.07. The molecule has 0 spiro atoms. The third kappa shape index (κ3) is 3.47. The summed E-state index contributed by atoms with van der Waals surface area (Å²) in [6.07, 6.45) is 4.53. The molecule has 2 N–H and O–H groups in total. The van der Waals surface area contributed by atoms with Gasteiger partial charge in [-0.25, -0.2) is 0 Å². The second-order valence-electron chi connectivity index (χ2n) is 4.23. The van der Waals surface area contributed by atoms with Gasteiger partial charge in [0.1, 0.15) is 0 Å². The van der Waals surface area contributed by atoms with Gasteiger partial charge in [-0.1, -0.05) is 12.8 Å². The van der Waals surface area contributed by atoms with Gasteiger partial charge in [0.05, 0.1) is 5.41 Å². The van der Waals surface area contributed by atoms with Crippen LogP contribution in [0.25, 0.3) is 0 Å². The summed E-state index contributed by atoms with van der Waals surface area (Å²) in [5.74, 6) is -0.685. The van der Waals surface area contributed by atoms with Crippen LogP contribution in [0, 0.1) is 5.41 Å². The van der Waals surface area contributed by atoms with Crippen molar-refractivity contribution in [3.63, 3.8) is 0 Å². The highest BCUT2D eigenvalue weighted by Gasteiger charge is 2.39. The van der Waals surface area contributed by atoms with Crippen molar-refractivity contribution in [1.82, 2.24) is 0 Å². The second kappa shape index (κ2) is 6.08. The van der Waals surface area contributed by atoms with E-state index in [0.29, 0.717) is 32.5 Å². The molecule has 0 aromatic heterocycles. The maximum Gasteiger partial charge on any atom is 0.309 e. The number of aliphatic hydroxyl groups is 1. The van der Waals surface area contributed by atoms with Gasteiger partial charge in [-0.3, -0.25) is 4.79 Å². The van der Waals surface area contributed by atoms with E-state index in [1.165, 1.54) is 0 Å². The highest BCUT2D eigenvalue weighted by atomic mass is 16.5. The second-order valence-corrected chi connectivity index (χ2v) is 4.23. The molecule has 1 aliphatic heterocycles. The minimum atomic E-state index is -0.685. The van der Waals surface area contributed by atoms with Crippen molar-refractivity contribution in [2.75, 3.05) is 19.8 Å². The monoisotopic (exact) mass is 216 g/mol. The van der Waals surface area contributed by atoms with Crippen LogP contribution in [0.5, 0.6) is 0 Å². The number of aliphatic hydroxyl groups excluding tert-OH is 1. The molecule has 0 aromatic rings. The first-order chi connectivity index (χ1) is 7.21. The lowest BCUT2D eigenvalue weighted by molar-refractivity contribution is -0.155. The van der Waals surface area contributed by atoms with Crippen molar-refractivity contribution in [2.45, 2.75) is 38.5 Å². The predicted molar refractivity (Wildman–Crippen MR) is 55.7 cm³/mol. The molecule has 0 radical (unpaired) electrons. The summed E-state index contributed by atoms with van der Waals surface area (Å²) in [7, 11) is 0. The molecule has 1 aliphatic rings. The van der Waals surface area contributed by atoms with Gasteiger partial charge in [-0.15, -0.1) is 0 Å². The van der Waals surface area contributed by atoms with Crippen LogP contribution in [0.4, 0.5) is 0 Å². The Hall–Kier alpha value is -0.610. The van der Waals surface area contributed by atoms with Gasteiger partial charge in [-0.2, -0.15) is 0 Å². The summed E-state index contributed by atoms with van der Waals surface area (Å²) < 4.78 is 5.20. The molecule has 0 saturated carbocycles.